The standard InChI is InChI=1S/C13H16FN3O/c1-8-11(7-15-2)17-13(16-8)9-4-5-12(18-3)10(14)6-9/h4-6,15H,7H2,1-3H3,(H,16,17). The van der Waals surface area contributed by atoms with Gasteiger partial charge in [-0.3, -0.25) is 0 Å². The molecule has 2 N–H and O–H groups in total. The van der Waals surface area contributed by atoms with Gasteiger partial charge in [-0.2, -0.15) is 0 Å². The van der Waals surface area contributed by atoms with Crippen molar-refractivity contribution >= 4 is 0 Å². The Labute approximate surface area is 105 Å². The number of H-pyrrole nitrogens is 1. The molecular weight excluding hydrogens is 233 g/mol. The van der Waals surface area contributed by atoms with Crippen LogP contribution in [0.3, 0.4) is 0 Å². The van der Waals surface area contributed by atoms with Crippen LogP contribution < -0.4 is 10.1 Å². The van der Waals surface area contributed by atoms with Crippen molar-refractivity contribution < 1.29 is 9.13 Å². The van der Waals surface area contributed by atoms with Crippen LogP contribution >= 0.6 is 0 Å². The number of methoxy groups -OCH3 is 1. The summed E-state index contributed by atoms with van der Waals surface area (Å²) in [6, 6.07) is 4.80. The summed E-state index contributed by atoms with van der Waals surface area (Å²) in [5, 5.41) is 3.04. The van der Waals surface area contributed by atoms with E-state index >= 15 is 0 Å². The zero-order valence-electron chi connectivity index (χ0n) is 10.7. The first-order valence-corrected chi connectivity index (χ1v) is 5.69. The molecule has 0 aliphatic rings. The van der Waals surface area contributed by atoms with Crippen LogP contribution in [0.5, 0.6) is 5.75 Å². The number of benzene rings is 1. The lowest BCUT2D eigenvalue weighted by Gasteiger charge is -2.02. The number of ether oxygens (including phenoxy) is 1. The highest BCUT2D eigenvalue weighted by Crippen LogP contribution is 2.24. The van der Waals surface area contributed by atoms with Crippen LogP contribution in [0.1, 0.15) is 11.4 Å². The fourth-order valence-corrected chi connectivity index (χ4v) is 1.79. The van der Waals surface area contributed by atoms with Crippen LogP contribution in [0.4, 0.5) is 4.39 Å². The van der Waals surface area contributed by atoms with Crippen LogP contribution in [-0.4, -0.2) is 24.1 Å². The second-order valence-corrected chi connectivity index (χ2v) is 4.04. The van der Waals surface area contributed by atoms with Gasteiger partial charge in [0.25, 0.3) is 0 Å². The third-order valence-electron chi connectivity index (χ3n) is 2.75. The summed E-state index contributed by atoms with van der Waals surface area (Å²) < 4.78 is 18.5. The van der Waals surface area contributed by atoms with Crippen LogP contribution in [0.15, 0.2) is 18.2 Å². The maximum atomic E-state index is 13.6. The minimum atomic E-state index is -0.390. The molecule has 2 rings (SSSR count). The fraction of sp³-hybridized carbons (Fsp3) is 0.308. The van der Waals surface area contributed by atoms with Crippen molar-refractivity contribution in [3.05, 3.63) is 35.4 Å². The number of aryl methyl sites for hydroxylation is 1. The number of rotatable bonds is 4. The molecule has 0 atom stereocenters. The minimum absolute atomic E-state index is 0.234. The highest BCUT2D eigenvalue weighted by molar-refractivity contribution is 5.57. The number of hydrogen-bond acceptors (Lipinski definition) is 3. The number of imidazole rings is 1. The smallest absolute Gasteiger partial charge is 0.165 e. The Morgan fingerprint density at radius 2 is 2.22 bits per heavy atom. The van der Waals surface area contributed by atoms with E-state index in [0.29, 0.717) is 17.9 Å². The molecule has 0 saturated carbocycles. The summed E-state index contributed by atoms with van der Waals surface area (Å²) >= 11 is 0. The van der Waals surface area contributed by atoms with Gasteiger partial charge in [0.15, 0.2) is 11.6 Å². The topological polar surface area (TPSA) is 49.9 Å². The van der Waals surface area contributed by atoms with Crippen molar-refractivity contribution in [2.24, 2.45) is 0 Å². The quantitative estimate of drug-likeness (QED) is 0.873. The molecule has 0 aliphatic carbocycles. The highest BCUT2D eigenvalue weighted by atomic mass is 19.1. The molecule has 1 heterocycles. The van der Waals surface area contributed by atoms with Gasteiger partial charge in [0, 0.05) is 17.8 Å². The van der Waals surface area contributed by atoms with E-state index < -0.39 is 0 Å². The Morgan fingerprint density at radius 3 is 2.83 bits per heavy atom. The van der Waals surface area contributed by atoms with Crippen molar-refractivity contribution in [2.75, 3.05) is 14.2 Å². The third-order valence-corrected chi connectivity index (χ3v) is 2.75. The van der Waals surface area contributed by atoms with E-state index in [1.54, 1.807) is 12.1 Å². The van der Waals surface area contributed by atoms with E-state index in [-0.39, 0.29) is 11.6 Å². The maximum Gasteiger partial charge on any atom is 0.165 e. The Bertz CT molecular complexity index is 551. The summed E-state index contributed by atoms with van der Waals surface area (Å²) in [6.45, 7) is 2.63. The molecule has 4 nitrogen and oxygen atoms in total. The van der Waals surface area contributed by atoms with Crippen molar-refractivity contribution in [3.8, 4) is 17.1 Å². The predicted molar refractivity (Wildman–Crippen MR) is 68.0 cm³/mol. The first-order chi connectivity index (χ1) is 8.65. The Morgan fingerprint density at radius 1 is 1.44 bits per heavy atom. The van der Waals surface area contributed by atoms with Crippen LogP contribution in [-0.2, 0) is 6.54 Å². The number of nitrogens with one attached hydrogen (secondary N) is 2. The molecule has 2 aromatic rings. The van der Waals surface area contributed by atoms with E-state index in [0.717, 1.165) is 11.4 Å². The number of nitrogens with zero attached hydrogens (tertiary/aromatic N) is 1. The van der Waals surface area contributed by atoms with Crippen molar-refractivity contribution in [1.82, 2.24) is 15.3 Å². The lowest BCUT2D eigenvalue weighted by molar-refractivity contribution is 0.386. The highest BCUT2D eigenvalue weighted by Gasteiger charge is 2.10. The molecule has 96 valence electrons. The van der Waals surface area contributed by atoms with Crippen molar-refractivity contribution in [3.63, 3.8) is 0 Å². The molecule has 1 aromatic carbocycles. The average molecular weight is 249 g/mol. The normalized spacial score (nSPS) is 10.7. The number of aromatic nitrogens is 2. The lowest BCUT2D eigenvalue weighted by atomic mass is 10.2. The molecule has 0 aliphatic heterocycles. The van der Waals surface area contributed by atoms with Gasteiger partial charge in [0.05, 0.1) is 12.8 Å². The molecule has 1 aromatic heterocycles. The molecular formula is C13H16FN3O. The summed E-state index contributed by atoms with van der Waals surface area (Å²) in [5.41, 5.74) is 2.62. The molecule has 0 spiro atoms. The largest absolute Gasteiger partial charge is 0.494 e. The summed E-state index contributed by atoms with van der Waals surface area (Å²) in [5.74, 6) is 0.510. The summed E-state index contributed by atoms with van der Waals surface area (Å²) in [7, 11) is 3.31. The fourth-order valence-electron chi connectivity index (χ4n) is 1.79. The van der Waals surface area contributed by atoms with E-state index in [9.17, 15) is 4.39 Å². The first kappa shape index (κ1) is 12.6. The molecule has 18 heavy (non-hydrogen) atoms. The molecule has 0 saturated heterocycles. The van der Waals surface area contributed by atoms with E-state index in [4.69, 9.17) is 4.74 Å². The zero-order valence-corrected chi connectivity index (χ0v) is 10.7. The number of hydrogen-bond donors (Lipinski definition) is 2. The molecule has 0 unspecified atom stereocenters. The number of halogens is 1. The first-order valence-electron chi connectivity index (χ1n) is 5.69. The monoisotopic (exact) mass is 249 g/mol. The van der Waals surface area contributed by atoms with E-state index in [1.807, 2.05) is 14.0 Å². The molecule has 5 heteroatoms. The predicted octanol–water partition coefficient (Wildman–Crippen LogP) is 2.25. The van der Waals surface area contributed by atoms with Gasteiger partial charge in [-0.1, -0.05) is 0 Å². The van der Waals surface area contributed by atoms with Gasteiger partial charge < -0.3 is 15.0 Å². The van der Waals surface area contributed by atoms with E-state index in [1.165, 1.54) is 13.2 Å². The average Bonchev–Trinajstić information content (AvgIpc) is 2.71. The Kier molecular flexibility index (Phi) is 3.62. The van der Waals surface area contributed by atoms with Gasteiger partial charge in [-0.05, 0) is 32.2 Å². The molecule has 0 bridgehead atoms. The van der Waals surface area contributed by atoms with Crippen LogP contribution in [0.25, 0.3) is 11.4 Å². The SMILES string of the molecule is CNCc1nc(-c2ccc(OC)c(F)c2)[nH]c1C. The Balaban J connectivity index is 2.36. The van der Waals surface area contributed by atoms with Gasteiger partial charge in [-0.25, -0.2) is 9.37 Å². The van der Waals surface area contributed by atoms with E-state index in [2.05, 4.69) is 15.3 Å². The van der Waals surface area contributed by atoms with Gasteiger partial charge in [0.2, 0.25) is 0 Å². The second kappa shape index (κ2) is 5.18. The lowest BCUT2D eigenvalue weighted by Crippen LogP contribution is -2.06. The summed E-state index contributed by atoms with van der Waals surface area (Å²) in [6.07, 6.45) is 0. The maximum absolute atomic E-state index is 13.6. The second-order valence-electron chi connectivity index (χ2n) is 4.04. The third kappa shape index (κ3) is 2.36. The van der Waals surface area contributed by atoms with Gasteiger partial charge in [-0.15, -0.1) is 0 Å². The minimum Gasteiger partial charge on any atom is -0.494 e. The van der Waals surface area contributed by atoms with Gasteiger partial charge in [0.1, 0.15) is 5.82 Å². The number of aromatic amines is 1. The Hall–Kier alpha value is -1.88. The molecule has 0 radical (unpaired) electrons. The summed E-state index contributed by atoms with van der Waals surface area (Å²) in [4.78, 5) is 7.59. The zero-order chi connectivity index (χ0) is 13.1. The molecule has 0 fully saturated rings. The van der Waals surface area contributed by atoms with Crippen molar-refractivity contribution in [2.45, 2.75) is 13.5 Å². The van der Waals surface area contributed by atoms with Crippen molar-refractivity contribution in [1.29, 1.82) is 0 Å². The van der Waals surface area contributed by atoms with Gasteiger partial charge >= 0.3 is 0 Å². The van der Waals surface area contributed by atoms with Crippen LogP contribution in [0, 0.1) is 12.7 Å². The molecule has 0 amide bonds. The van der Waals surface area contributed by atoms with Crippen LogP contribution in [0.2, 0.25) is 0 Å².